The van der Waals surface area contributed by atoms with E-state index < -0.39 is 0 Å². The molecule has 1 N–H and O–H groups in total. The van der Waals surface area contributed by atoms with E-state index >= 15 is 0 Å². The summed E-state index contributed by atoms with van der Waals surface area (Å²) in [5, 5.41) is 3.55. The molecule has 0 aliphatic heterocycles. The van der Waals surface area contributed by atoms with Crippen molar-refractivity contribution in [2.45, 2.75) is 6.42 Å². The number of hydrogen-bond donors (Lipinski definition) is 1. The van der Waals surface area contributed by atoms with Crippen molar-refractivity contribution in [1.29, 1.82) is 0 Å². The van der Waals surface area contributed by atoms with Crippen molar-refractivity contribution < 1.29 is 9.59 Å². The van der Waals surface area contributed by atoms with Crippen molar-refractivity contribution >= 4 is 28.9 Å². The molecule has 0 spiro atoms. The summed E-state index contributed by atoms with van der Waals surface area (Å²) in [4.78, 5) is 32.3. The summed E-state index contributed by atoms with van der Waals surface area (Å²) in [5.41, 5.74) is 2.31. The number of ketones is 2. The Morgan fingerprint density at radius 2 is 1.73 bits per heavy atom. The van der Waals surface area contributed by atoms with Gasteiger partial charge in [0.2, 0.25) is 0 Å². The largest absolute Gasteiger partial charge is 0.383 e. The quantitative estimate of drug-likeness (QED) is 0.639. The molecule has 0 amide bonds. The van der Waals surface area contributed by atoms with Crippen LogP contribution in [0, 0.1) is 0 Å². The highest BCUT2D eigenvalue weighted by Gasteiger charge is 2.11. The van der Waals surface area contributed by atoms with Crippen molar-refractivity contribution in [3.05, 3.63) is 89.0 Å². The summed E-state index contributed by atoms with van der Waals surface area (Å²) >= 11 is 6.27. The number of rotatable bonds is 7. The second-order valence-corrected chi connectivity index (χ2v) is 6.01. The van der Waals surface area contributed by atoms with Gasteiger partial charge < -0.3 is 5.32 Å². The number of benzene rings is 1. The lowest BCUT2D eigenvalue weighted by Crippen LogP contribution is -2.10. The average molecular weight is 366 g/mol. The number of nitrogens with zero attached hydrogens (tertiary/aromatic N) is 2. The minimum absolute atomic E-state index is 0.00575. The van der Waals surface area contributed by atoms with Gasteiger partial charge in [0.05, 0.1) is 10.7 Å². The molecule has 0 fully saturated rings. The van der Waals surface area contributed by atoms with Crippen molar-refractivity contribution in [2.75, 3.05) is 11.9 Å². The van der Waals surface area contributed by atoms with Crippen molar-refractivity contribution in [3.8, 4) is 0 Å². The van der Waals surface area contributed by atoms with Gasteiger partial charge >= 0.3 is 0 Å². The molecule has 0 saturated carbocycles. The average Bonchev–Trinajstić information content (AvgIpc) is 2.70. The highest BCUT2D eigenvalue weighted by Crippen LogP contribution is 2.24. The fraction of sp³-hybridized carbons (Fsp3) is 0.100. The number of halogens is 1. The molecule has 2 heterocycles. The standard InChI is InChI=1S/C20H16ClN3O2/c21-17-12-15(20(26)14-5-9-22-10-6-14)3-4-18(17)24-11-7-19(25)16-2-1-8-23-13-16/h1-6,8-10,12-13,24H,7,11H2. The first-order valence-electron chi connectivity index (χ1n) is 8.06. The lowest BCUT2D eigenvalue weighted by Gasteiger charge is -2.09. The molecule has 130 valence electrons. The number of carbonyl (C=O) groups excluding carboxylic acids is 2. The zero-order chi connectivity index (χ0) is 18.4. The van der Waals surface area contributed by atoms with E-state index in [1.807, 2.05) is 0 Å². The van der Waals surface area contributed by atoms with E-state index in [2.05, 4.69) is 15.3 Å². The van der Waals surface area contributed by atoms with E-state index in [0.29, 0.717) is 40.4 Å². The molecule has 0 unspecified atom stereocenters. The summed E-state index contributed by atoms with van der Waals surface area (Å²) in [5.74, 6) is -0.112. The Morgan fingerprint density at radius 3 is 2.42 bits per heavy atom. The molecule has 0 saturated heterocycles. The zero-order valence-electron chi connectivity index (χ0n) is 13.9. The normalized spacial score (nSPS) is 10.3. The van der Waals surface area contributed by atoms with Crippen LogP contribution in [0.15, 0.2) is 67.3 Å². The second-order valence-electron chi connectivity index (χ2n) is 5.60. The first-order valence-corrected chi connectivity index (χ1v) is 8.44. The molecule has 2 aromatic heterocycles. The minimum Gasteiger partial charge on any atom is -0.383 e. The number of carbonyl (C=O) groups is 2. The van der Waals surface area contributed by atoms with Crippen LogP contribution in [0.5, 0.6) is 0 Å². The number of anilines is 1. The molecular weight excluding hydrogens is 350 g/mol. The summed E-state index contributed by atoms with van der Waals surface area (Å²) < 4.78 is 0. The predicted octanol–water partition coefficient (Wildman–Crippen LogP) is 4.05. The highest BCUT2D eigenvalue weighted by molar-refractivity contribution is 6.33. The number of Topliss-reactive ketones (excluding diaryl/α,β-unsaturated/α-hetero) is 1. The molecule has 3 rings (SSSR count). The molecule has 0 aliphatic carbocycles. The molecule has 6 heteroatoms. The molecule has 1 aromatic carbocycles. The molecular formula is C20H16ClN3O2. The van der Waals surface area contributed by atoms with Crippen LogP contribution >= 0.6 is 11.6 Å². The maximum Gasteiger partial charge on any atom is 0.193 e. The monoisotopic (exact) mass is 365 g/mol. The summed E-state index contributed by atoms with van der Waals surface area (Å²) in [7, 11) is 0. The smallest absolute Gasteiger partial charge is 0.193 e. The van der Waals surface area contributed by atoms with Crippen LogP contribution in [0.4, 0.5) is 5.69 Å². The van der Waals surface area contributed by atoms with Crippen LogP contribution in [0.25, 0.3) is 0 Å². The Morgan fingerprint density at radius 1 is 0.923 bits per heavy atom. The second kappa shape index (κ2) is 8.36. The number of nitrogens with one attached hydrogen (secondary N) is 1. The van der Waals surface area contributed by atoms with Crippen LogP contribution < -0.4 is 5.32 Å². The van der Waals surface area contributed by atoms with Gasteiger partial charge in [0, 0.05) is 54.4 Å². The maximum atomic E-state index is 12.4. The molecule has 0 radical (unpaired) electrons. The van der Waals surface area contributed by atoms with E-state index in [4.69, 9.17) is 11.6 Å². The van der Waals surface area contributed by atoms with Gasteiger partial charge in [0.1, 0.15) is 0 Å². The van der Waals surface area contributed by atoms with Gasteiger partial charge in [-0.2, -0.15) is 0 Å². The predicted molar refractivity (Wildman–Crippen MR) is 101 cm³/mol. The lowest BCUT2D eigenvalue weighted by molar-refractivity contribution is 0.0985. The third kappa shape index (κ3) is 4.32. The Hall–Kier alpha value is -3.05. The fourth-order valence-corrected chi connectivity index (χ4v) is 2.70. The van der Waals surface area contributed by atoms with Gasteiger partial charge in [-0.1, -0.05) is 11.6 Å². The van der Waals surface area contributed by atoms with Gasteiger partial charge in [0.15, 0.2) is 11.6 Å². The first-order chi connectivity index (χ1) is 12.6. The Bertz CT molecular complexity index is 915. The van der Waals surface area contributed by atoms with Crippen molar-refractivity contribution in [3.63, 3.8) is 0 Å². The van der Waals surface area contributed by atoms with Crippen molar-refractivity contribution in [1.82, 2.24) is 9.97 Å². The molecule has 5 nitrogen and oxygen atoms in total. The number of hydrogen-bond acceptors (Lipinski definition) is 5. The van der Waals surface area contributed by atoms with Gasteiger partial charge in [-0.25, -0.2) is 0 Å². The fourth-order valence-electron chi connectivity index (χ4n) is 2.45. The van der Waals surface area contributed by atoms with Crippen LogP contribution in [-0.2, 0) is 0 Å². The summed E-state index contributed by atoms with van der Waals surface area (Å²) in [6, 6.07) is 11.9. The van der Waals surface area contributed by atoms with Crippen LogP contribution in [0.1, 0.15) is 32.7 Å². The maximum absolute atomic E-state index is 12.4. The third-order valence-corrected chi connectivity index (χ3v) is 4.14. The highest BCUT2D eigenvalue weighted by atomic mass is 35.5. The third-order valence-electron chi connectivity index (χ3n) is 3.82. The van der Waals surface area contributed by atoms with E-state index in [-0.39, 0.29) is 11.6 Å². The van der Waals surface area contributed by atoms with E-state index in [1.165, 1.54) is 0 Å². The van der Waals surface area contributed by atoms with Gasteiger partial charge in [-0.15, -0.1) is 0 Å². The summed E-state index contributed by atoms with van der Waals surface area (Å²) in [6.07, 6.45) is 6.65. The molecule has 26 heavy (non-hydrogen) atoms. The van der Waals surface area contributed by atoms with Gasteiger partial charge in [0.25, 0.3) is 0 Å². The minimum atomic E-state index is -0.118. The number of aromatic nitrogens is 2. The Balaban J connectivity index is 1.61. The molecule has 0 aliphatic rings. The van der Waals surface area contributed by atoms with Crippen molar-refractivity contribution in [2.24, 2.45) is 0 Å². The topological polar surface area (TPSA) is 72.0 Å². The summed E-state index contributed by atoms with van der Waals surface area (Å²) in [6.45, 7) is 0.436. The SMILES string of the molecule is O=C(CCNc1ccc(C(=O)c2ccncc2)cc1Cl)c1cccnc1. The molecule has 0 atom stereocenters. The molecule has 0 bridgehead atoms. The van der Waals surface area contributed by atoms with E-state index in [1.54, 1.807) is 67.3 Å². The zero-order valence-corrected chi connectivity index (χ0v) is 14.6. The lowest BCUT2D eigenvalue weighted by atomic mass is 10.0. The van der Waals surface area contributed by atoms with Gasteiger partial charge in [-0.05, 0) is 42.5 Å². The van der Waals surface area contributed by atoms with Crippen LogP contribution in [0.3, 0.4) is 0 Å². The Labute approximate surface area is 156 Å². The van der Waals surface area contributed by atoms with E-state index in [9.17, 15) is 9.59 Å². The van der Waals surface area contributed by atoms with Crippen LogP contribution in [-0.4, -0.2) is 28.1 Å². The van der Waals surface area contributed by atoms with Gasteiger partial charge in [-0.3, -0.25) is 19.6 Å². The van der Waals surface area contributed by atoms with E-state index in [0.717, 1.165) is 0 Å². The number of pyridine rings is 2. The first kappa shape index (κ1) is 17.8. The molecule has 3 aromatic rings. The Kier molecular flexibility index (Phi) is 5.71. The van der Waals surface area contributed by atoms with Crippen LogP contribution in [0.2, 0.25) is 5.02 Å².